The van der Waals surface area contributed by atoms with E-state index >= 15 is 0 Å². The fourth-order valence-corrected chi connectivity index (χ4v) is 2.68. The van der Waals surface area contributed by atoms with E-state index in [4.69, 9.17) is 0 Å². The predicted octanol–water partition coefficient (Wildman–Crippen LogP) is 1.39. The molecular formula is C17H20N4O3. The normalized spacial score (nSPS) is 19.3. The number of nitrogens with zero attached hydrogens (tertiary/aromatic N) is 2. The Morgan fingerprint density at radius 2 is 1.83 bits per heavy atom. The number of nitrogens with one attached hydrogen (secondary N) is 2. The fourth-order valence-electron chi connectivity index (χ4n) is 2.68. The van der Waals surface area contributed by atoms with Crippen LogP contribution in [0.2, 0.25) is 0 Å². The quantitative estimate of drug-likeness (QED) is 0.833. The first-order valence-electron chi connectivity index (χ1n) is 8.02. The van der Waals surface area contributed by atoms with Crippen molar-refractivity contribution in [2.24, 2.45) is 11.8 Å². The van der Waals surface area contributed by atoms with Crippen LogP contribution in [0.4, 0.5) is 0 Å². The lowest BCUT2D eigenvalue weighted by atomic mass is 10.1. The molecule has 2 amide bonds. The Labute approximate surface area is 139 Å². The molecule has 0 saturated heterocycles. The van der Waals surface area contributed by atoms with Crippen molar-refractivity contribution >= 4 is 22.6 Å². The summed E-state index contributed by atoms with van der Waals surface area (Å²) in [4.78, 5) is 36.8. The van der Waals surface area contributed by atoms with Crippen LogP contribution < -0.4 is 16.4 Å². The zero-order chi connectivity index (χ0) is 17.4. The molecule has 1 fully saturated rings. The van der Waals surface area contributed by atoms with Crippen LogP contribution in [0.25, 0.3) is 10.8 Å². The molecule has 24 heavy (non-hydrogen) atoms. The summed E-state index contributed by atoms with van der Waals surface area (Å²) in [5, 5.41) is 5.08. The summed E-state index contributed by atoms with van der Waals surface area (Å²) in [6, 6.07) is 6.64. The van der Waals surface area contributed by atoms with Gasteiger partial charge in [0.05, 0.1) is 11.4 Å². The van der Waals surface area contributed by atoms with E-state index in [1.807, 2.05) is 20.8 Å². The van der Waals surface area contributed by atoms with Crippen LogP contribution in [-0.4, -0.2) is 21.6 Å². The van der Waals surface area contributed by atoms with Crippen LogP contribution in [0.15, 0.2) is 29.1 Å². The Morgan fingerprint density at radius 1 is 1.21 bits per heavy atom. The molecule has 1 aliphatic carbocycles. The molecule has 0 radical (unpaired) electrons. The Morgan fingerprint density at radius 3 is 2.42 bits per heavy atom. The monoisotopic (exact) mass is 328 g/mol. The fraction of sp³-hybridized carbons (Fsp3) is 0.412. The molecule has 1 saturated carbocycles. The average molecular weight is 328 g/mol. The van der Waals surface area contributed by atoms with E-state index < -0.39 is 5.91 Å². The van der Waals surface area contributed by atoms with Crippen molar-refractivity contribution in [3.05, 3.63) is 40.3 Å². The summed E-state index contributed by atoms with van der Waals surface area (Å²) in [7, 11) is 0. The van der Waals surface area contributed by atoms with Crippen LogP contribution in [0.5, 0.6) is 0 Å². The number of amides is 2. The first-order valence-corrected chi connectivity index (χ1v) is 8.02. The number of carbonyl (C=O) groups excluding carboxylic acids is 2. The Bertz CT molecular complexity index is 872. The highest BCUT2D eigenvalue weighted by atomic mass is 16.2. The topological polar surface area (TPSA) is 93.1 Å². The van der Waals surface area contributed by atoms with Gasteiger partial charge in [0.2, 0.25) is 5.91 Å². The summed E-state index contributed by atoms with van der Waals surface area (Å²) < 4.78 is 1.28. The largest absolute Gasteiger partial charge is 0.290 e. The molecule has 0 aliphatic heterocycles. The highest BCUT2D eigenvalue weighted by molar-refractivity contribution is 6.05. The van der Waals surface area contributed by atoms with Crippen molar-refractivity contribution in [1.82, 2.24) is 20.6 Å². The van der Waals surface area contributed by atoms with Gasteiger partial charge in [-0.15, -0.1) is 0 Å². The molecule has 0 bridgehead atoms. The molecule has 7 nitrogen and oxygen atoms in total. The highest BCUT2D eigenvalue weighted by Crippen LogP contribution is 2.37. The first-order chi connectivity index (χ1) is 11.4. The van der Waals surface area contributed by atoms with Crippen LogP contribution in [-0.2, 0) is 4.79 Å². The van der Waals surface area contributed by atoms with E-state index in [1.165, 1.54) is 4.68 Å². The minimum Gasteiger partial charge on any atom is -0.273 e. The summed E-state index contributed by atoms with van der Waals surface area (Å²) in [5.41, 5.74) is 4.71. The van der Waals surface area contributed by atoms with E-state index in [0.29, 0.717) is 16.7 Å². The van der Waals surface area contributed by atoms with Crippen molar-refractivity contribution in [3.63, 3.8) is 0 Å². The van der Waals surface area contributed by atoms with Gasteiger partial charge in [-0.2, -0.15) is 5.10 Å². The van der Waals surface area contributed by atoms with Crippen molar-refractivity contribution in [1.29, 1.82) is 0 Å². The highest BCUT2D eigenvalue weighted by Gasteiger charge is 2.39. The Hall–Kier alpha value is -2.70. The predicted molar refractivity (Wildman–Crippen MR) is 89.3 cm³/mol. The van der Waals surface area contributed by atoms with Gasteiger partial charge in [0, 0.05) is 11.3 Å². The van der Waals surface area contributed by atoms with Gasteiger partial charge >= 0.3 is 0 Å². The SMILES string of the molecule is CC(C)n1nc(C(=O)NNC(=O)[C@@H]2C[C@@H]2C)c2ccccc2c1=O. The number of aromatic nitrogens is 2. The molecule has 1 heterocycles. The van der Waals surface area contributed by atoms with E-state index in [0.717, 1.165) is 6.42 Å². The number of benzene rings is 1. The van der Waals surface area contributed by atoms with Gasteiger partial charge in [-0.05, 0) is 32.3 Å². The molecule has 1 aromatic carbocycles. The Kier molecular flexibility index (Phi) is 4.09. The summed E-state index contributed by atoms with van der Waals surface area (Å²) in [6.45, 7) is 5.63. The molecule has 1 aromatic heterocycles. The number of hydrogen-bond donors (Lipinski definition) is 2. The number of hydrazine groups is 1. The van der Waals surface area contributed by atoms with Gasteiger partial charge in [0.15, 0.2) is 5.69 Å². The molecule has 0 unspecified atom stereocenters. The van der Waals surface area contributed by atoms with Crippen LogP contribution in [0.3, 0.4) is 0 Å². The second kappa shape index (κ2) is 6.07. The molecule has 126 valence electrons. The number of fused-ring (bicyclic) bond motifs is 1. The minimum atomic E-state index is -0.540. The molecule has 7 heteroatoms. The summed E-state index contributed by atoms with van der Waals surface area (Å²) >= 11 is 0. The third-order valence-electron chi connectivity index (χ3n) is 4.28. The molecule has 2 N–H and O–H groups in total. The first kappa shape index (κ1) is 16.2. The lowest BCUT2D eigenvalue weighted by Gasteiger charge is -2.13. The van der Waals surface area contributed by atoms with Crippen LogP contribution in [0, 0.1) is 11.8 Å². The van der Waals surface area contributed by atoms with Gasteiger partial charge in [-0.1, -0.05) is 25.1 Å². The lowest BCUT2D eigenvalue weighted by molar-refractivity contribution is -0.123. The number of hydrogen-bond acceptors (Lipinski definition) is 4. The average Bonchev–Trinajstić information content (AvgIpc) is 3.29. The third-order valence-corrected chi connectivity index (χ3v) is 4.28. The van der Waals surface area contributed by atoms with Crippen molar-refractivity contribution in [2.75, 3.05) is 0 Å². The van der Waals surface area contributed by atoms with Crippen LogP contribution in [0.1, 0.15) is 43.7 Å². The molecule has 2 aromatic rings. The maximum Gasteiger partial charge on any atom is 0.290 e. The van der Waals surface area contributed by atoms with Gasteiger partial charge < -0.3 is 0 Å². The van der Waals surface area contributed by atoms with Crippen molar-refractivity contribution < 1.29 is 9.59 Å². The zero-order valence-corrected chi connectivity index (χ0v) is 13.9. The van der Waals surface area contributed by atoms with E-state index in [-0.39, 0.29) is 29.1 Å². The molecular weight excluding hydrogens is 308 g/mol. The number of rotatable bonds is 3. The lowest BCUT2D eigenvalue weighted by Crippen LogP contribution is -2.43. The number of carbonyl (C=O) groups is 2. The van der Waals surface area contributed by atoms with E-state index in [9.17, 15) is 14.4 Å². The second-order valence-electron chi connectivity index (χ2n) is 6.50. The second-order valence-corrected chi connectivity index (χ2v) is 6.50. The van der Waals surface area contributed by atoms with E-state index in [2.05, 4.69) is 16.0 Å². The van der Waals surface area contributed by atoms with Crippen LogP contribution >= 0.6 is 0 Å². The smallest absolute Gasteiger partial charge is 0.273 e. The van der Waals surface area contributed by atoms with Crippen molar-refractivity contribution in [3.8, 4) is 0 Å². The van der Waals surface area contributed by atoms with Gasteiger partial charge in [-0.3, -0.25) is 25.2 Å². The Balaban J connectivity index is 1.92. The van der Waals surface area contributed by atoms with Gasteiger partial charge in [-0.25, -0.2) is 4.68 Å². The van der Waals surface area contributed by atoms with Gasteiger partial charge in [0.1, 0.15) is 0 Å². The summed E-state index contributed by atoms with van der Waals surface area (Å²) in [6.07, 6.45) is 0.834. The molecule has 0 spiro atoms. The zero-order valence-electron chi connectivity index (χ0n) is 13.9. The third kappa shape index (κ3) is 2.89. The van der Waals surface area contributed by atoms with E-state index in [1.54, 1.807) is 24.3 Å². The van der Waals surface area contributed by atoms with Gasteiger partial charge in [0.25, 0.3) is 11.5 Å². The maximum absolute atomic E-state index is 12.5. The minimum absolute atomic E-state index is 0.0420. The molecule has 2 atom stereocenters. The maximum atomic E-state index is 12.5. The summed E-state index contributed by atoms with van der Waals surface area (Å²) in [5.74, 6) is -0.428. The standard InChI is InChI=1S/C17H20N4O3/c1-9(2)21-17(24)12-7-5-4-6-11(12)14(20-21)16(23)19-18-15(22)13-8-10(13)3/h4-7,9-10,13H,8H2,1-3H3,(H,18,22)(H,19,23)/t10-,13+/m0/s1. The molecule has 1 aliphatic rings. The van der Waals surface area contributed by atoms with Crippen molar-refractivity contribution in [2.45, 2.75) is 33.2 Å². The molecule has 3 rings (SSSR count).